The van der Waals surface area contributed by atoms with Gasteiger partial charge in [0.15, 0.2) is 5.11 Å². The molecule has 4 saturated carbocycles. The molecule has 1 aromatic rings. The first-order chi connectivity index (χ1) is 16.8. The Labute approximate surface area is 215 Å². The molecule has 6 nitrogen and oxygen atoms in total. The van der Waals surface area contributed by atoms with Gasteiger partial charge < -0.3 is 20.4 Å². The predicted octanol–water partition coefficient (Wildman–Crippen LogP) is 4.80. The molecule has 4 aliphatic carbocycles. The van der Waals surface area contributed by atoms with E-state index in [0.717, 1.165) is 55.3 Å². The van der Waals surface area contributed by atoms with Crippen LogP contribution in [0.1, 0.15) is 65.2 Å². The van der Waals surface area contributed by atoms with Crippen molar-refractivity contribution in [3.05, 3.63) is 24.3 Å². The lowest BCUT2D eigenvalue weighted by atomic mass is 9.49. The van der Waals surface area contributed by atoms with Crippen molar-refractivity contribution < 1.29 is 9.59 Å². The summed E-state index contributed by atoms with van der Waals surface area (Å²) >= 11 is 5.46. The second-order valence-electron chi connectivity index (χ2n) is 12.1. The van der Waals surface area contributed by atoms with Crippen molar-refractivity contribution >= 4 is 40.5 Å². The number of nitrogens with zero attached hydrogens (tertiary/aromatic N) is 2. The molecule has 190 valence electrons. The van der Waals surface area contributed by atoms with Crippen LogP contribution in [0.3, 0.4) is 0 Å². The third-order valence-electron chi connectivity index (χ3n) is 8.66. The summed E-state index contributed by atoms with van der Waals surface area (Å²) in [5.41, 5.74) is 2.24. The fourth-order valence-corrected chi connectivity index (χ4v) is 7.86. The van der Waals surface area contributed by atoms with E-state index in [1.54, 1.807) is 0 Å². The number of rotatable bonds is 6. The molecule has 7 heteroatoms. The molecule has 1 aliphatic heterocycles. The van der Waals surface area contributed by atoms with Crippen molar-refractivity contribution in [1.82, 2.24) is 10.2 Å². The molecule has 0 radical (unpaired) electrons. The summed E-state index contributed by atoms with van der Waals surface area (Å²) < 4.78 is 0. The number of anilines is 2. The second kappa shape index (κ2) is 10.1. The maximum Gasteiger partial charge on any atom is 0.226 e. The summed E-state index contributed by atoms with van der Waals surface area (Å²) in [5, 5.41) is 6.50. The van der Waals surface area contributed by atoms with Gasteiger partial charge in [0.05, 0.1) is 0 Å². The molecular weight excluding hydrogens is 456 g/mol. The highest BCUT2D eigenvalue weighted by Crippen LogP contribution is 2.61. The number of piperazine rings is 1. The SMILES string of the molecule is CC(C)CC(=O)N1CCN(c2ccc(NC(=S)NC(=O)CC34CC5CC(CC(C5)C3)C4)cc2)CC1. The zero-order valence-corrected chi connectivity index (χ0v) is 22.0. The number of hydrogen-bond donors (Lipinski definition) is 2. The summed E-state index contributed by atoms with van der Waals surface area (Å²) in [5.74, 6) is 3.26. The summed E-state index contributed by atoms with van der Waals surface area (Å²) in [4.78, 5) is 29.5. The molecule has 0 unspecified atom stereocenters. The van der Waals surface area contributed by atoms with Crippen LogP contribution in [0, 0.1) is 29.1 Å². The average Bonchev–Trinajstić information content (AvgIpc) is 2.78. The van der Waals surface area contributed by atoms with Crippen LogP contribution in [0.2, 0.25) is 0 Å². The fraction of sp³-hybridized carbons (Fsp3) is 0.679. The molecule has 0 atom stereocenters. The van der Waals surface area contributed by atoms with Crippen LogP contribution in [0.5, 0.6) is 0 Å². The molecule has 35 heavy (non-hydrogen) atoms. The molecule has 5 aliphatic rings. The van der Waals surface area contributed by atoms with Gasteiger partial charge in [-0.2, -0.15) is 0 Å². The van der Waals surface area contributed by atoms with Gasteiger partial charge >= 0.3 is 0 Å². The molecule has 0 spiro atoms. The Morgan fingerprint density at radius 2 is 1.54 bits per heavy atom. The minimum atomic E-state index is 0.0611. The number of nitrogens with one attached hydrogen (secondary N) is 2. The second-order valence-corrected chi connectivity index (χ2v) is 12.5. The minimum Gasteiger partial charge on any atom is -0.368 e. The van der Waals surface area contributed by atoms with Crippen LogP contribution < -0.4 is 15.5 Å². The van der Waals surface area contributed by atoms with E-state index in [1.807, 2.05) is 17.0 Å². The van der Waals surface area contributed by atoms with Gasteiger partial charge in [-0.1, -0.05) is 13.8 Å². The highest BCUT2D eigenvalue weighted by molar-refractivity contribution is 7.80. The van der Waals surface area contributed by atoms with Crippen molar-refractivity contribution in [3.8, 4) is 0 Å². The third-order valence-corrected chi connectivity index (χ3v) is 8.86. The van der Waals surface area contributed by atoms with Gasteiger partial charge in [-0.25, -0.2) is 0 Å². The standard InChI is InChI=1S/C28H40N4O2S/c1-19(2)11-26(34)32-9-7-31(8-10-32)24-5-3-23(4-6-24)29-27(35)30-25(33)18-28-15-20-12-21(16-28)14-22(13-20)17-28/h3-6,19-22H,7-18H2,1-2H3,(H2,29,30,33,35). The zero-order valence-electron chi connectivity index (χ0n) is 21.2. The first-order valence-electron chi connectivity index (χ1n) is 13.5. The van der Waals surface area contributed by atoms with Gasteiger partial charge in [0.25, 0.3) is 0 Å². The predicted molar refractivity (Wildman–Crippen MR) is 144 cm³/mol. The van der Waals surface area contributed by atoms with E-state index >= 15 is 0 Å². The van der Waals surface area contributed by atoms with Crippen LogP contribution in [0.25, 0.3) is 0 Å². The fourth-order valence-electron chi connectivity index (χ4n) is 7.63. The van der Waals surface area contributed by atoms with Crippen LogP contribution in [0.4, 0.5) is 11.4 Å². The van der Waals surface area contributed by atoms with Gasteiger partial charge in [0, 0.05) is 50.4 Å². The van der Waals surface area contributed by atoms with E-state index in [9.17, 15) is 9.59 Å². The van der Waals surface area contributed by atoms with Gasteiger partial charge in [-0.3, -0.25) is 9.59 Å². The minimum absolute atomic E-state index is 0.0611. The Balaban J connectivity index is 1.08. The van der Waals surface area contributed by atoms with E-state index in [0.29, 0.717) is 23.9 Å². The van der Waals surface area contributed by atoms with Crippen molar-refractivity contribution in [1.29, 1.82) is 0 Å². The van der Waals surface area contributed by atoms with Gasteiger partial charge in [0.1, 0.15) is 0 Å². The Morgan fingerprint density at radius 1 is 0.971 bits per heavy atom. The molecule has 0 aromatic heterocycles. The lowest BCUT2D eigenvalue weighted by Gasteiger charge is -2.56. The average molecular weight is 497 g/mol. The molecule has 1 saturated heterocycles. The zero-order chi connectivity index (χ0) is 24.6. The summed E-state index contributed by atoms with van der Waals surface area (Å²) in [6.45, 7) is 7.40. The van der Waals surface area contributed by atoms with E-state index in [1.165, 1.54) is 38.5 Å². The molecule has 6 rings (SSSR count). The van der Waals surface area contributed by atoms with Crippen molar-refractivity contribution in [3.63, 3.8) is 0 Å². The molecule has 1 aromatic carbocycles. The monoisotopic (exact) mass is 496 g/mol. The van der Waals surface area contributed by atoms with Crippen LogP contribution in [-0.2, 0) is 9.59 Å². The third kappa shape index (κ3) is 5.82. The van der Waals surface area contributed by atoms with Crippen molar-refractivity contribution in [2.75, 3.05) is 36.4 Å². The van der Waals surface area contributed by atoms with Crippen molar-refractivity contribution in [2.45, 2.75) is 65.2 Å². The maximum atomic E-state index is 12.8. The highest BCUT2D eigenvalue weighted by Gasteiger charge is 2.51. The first-order valence-corrected chi connectivity index (χ1v) is 13.9. The van der Waals surface area contributed by atoms with Gasteiger partial charge in [0.2, 0.25) is 11.8 Å². The lowest BCUT2D eigenvalue weighted by molar-refractivity contribution is -0.132. The number of benzene rings is 1. The summed E-state index contributed by atoms with van der Waals surface area (Å²) in [6.07, 6.45) is 9.10. The Kier molecular flexibility index (Phi) is 7.06. The summed E-state index contributed by atoms with van der Waals surface area (Å²) in [6, 6.07) is 8.16. The largest absolute Gasteiger partial charge is 0.368 e. The molecule has 4 bridgehead atoms. The number of hydrogen-bond acceptors (Lipinski definition) is 4. The van der Waals surface area contributed by atoms with Crippen LogP contribution in [-0.4, -0.2) is 48.0 Å². The number of thiocarbonyl (C=S) groups is 1. The molecule has 5 fully saturated rings. The first kappa shape index (κ1) is 24.5. The Morgan fingerprint density at radius 3 is 2.09 bits per heavy atom. The molecule has 2 amide bonds. The maximum absolute atomic E-state index is 12.8. The van der Waals surface area contributed by atoms with E-state index < -0.39 is 0 Å². The Bertz CT molecular complexity index is 917. The van der Waals surface area contributed by atoms with E-state index in [4.69, 9.17) is 12.2 Å². The molecule has 2 N–H and O–H groups in total. The summed E-state index contributed by atoms with van der Waals surface area (Å²) in [7, 11) is 0. The van der Waals surface area contributed by atoms with E-state index in [-0.39, 0.29) is 17.2 Å². The number of carbonyl (C=O) groups excluding carboxylic acids is 2. The number of carbonyl (C=O) groups is 2. The Hall–Kier alpha value is -2.15. The van der Waals surface area contributed by atoms with Crippen molar-refractivity contribution in [2.24, 2.45) is 29.1 Å². The highest BCUT2D eigenvalue weighted by atomic mass is 32.1. The normalized spacial score (nSPS) is 29.4. The molecule has 1 heterocycles. The smallest absolute Gasteiger partial charge is 0.226 e. The number of amides is 2. The van der Waals surface area contributed by atoms with Crippen LogP contribution in [0.15, 0.2) is 24.3 Å². The van der Waals surface area contributed by atoms with E-state index in [2.05, 4.69) is 41.5 Å². The van der Waals surface area contributed by atoms with Gasteiger partial charge in [-0.05, 0) is 104 Å². The van der Waals surface area contributed by atoms with Crippen LogP contribution >= 0.6 is 12.2 Å². The quantitative estimate of drug-likeness (QED) is 0.554. The lowest BCUT2D eigenvalue weighted by Crippen LogP contribution is -2.49. The van der Waals surface area contributed by atoms with Gasteiger partial charge in [-0.15, -0.1) is 0 Å². The molecular formula is C28H40N4O2S. The topological polar surface area (TPSA) is 64.7 Å².